The number of amides is 2. The van der Waals surface area contributed by atoms with Gasteiger partial charge in [0.2, 0.25) is 5.91 Å². The Morgan fingerprint density at radius 2 is 1.81 bits per heavy atom. The highest BCUT2D eigenvalue weighted by molar-refractivity contribution is 9.10. The number of methoxy groups -OCH3 is 1. The molecule has 0 spiro atoms. The van der Waals surface area contributed by atoms with Crippen LogP contribution in [0.5, 0.6) is 5.75 Å². The molecule has 7 rings (SSSR count). The SMILES string of the molecule is COc1ccc2c(c1)c(C(=O)N1CCC(N3CCC(n4cc(-c5cc(F)c(Br)c(F)c5N)nn4)C3=O)CC1)c(C)n2Cc1ccccc1. The highest BCUT2D eigenvalue weighted by atomic mass is 79.9. The smallest absolute Gasteiger partial charge is 0.256 e. The predicted octanol–water partition coefficient (Wildman–Crippen LogP) is 5.97. The molecular weight excluding hydrogens is 684 g/mol. The van der Waals surface area contributed by atoms with E-state index in [0.717, 1.165) is 28.2 Å². The number of ether oxygens (including phenoxy) is 1. The number of nitrogens with zero attached hydrogens (tertiary/aromatic N) is 6. The maximum atomic E-state index is 14.4. The number of anilines is 1. The van der Waals surface area contributed by atoms with Crippen LogP contribution in [-0.2, 0) is 11.3 Å². The largest absolute Gasteiger partial charge is 0.497 e. The van der Waals surface area contributed by atoms with Gasteiger partial charge in [-0.3, -0.25) is 9.59 Å². The van der Waals surface area contributed by atoms with Crippen molar-refractivity contribution in [2.24, 2.45) is 0 Å². The van der Waals surface area contributed by atoms with Gasteiger partial charge in [0.25, 0.3) is 5.91 Å². The number of aromatic nitrogens is 4. The van der Waals surface area contributed by atoms with Crippen LogP contribution in [0.25, 0.3) is 22.2 Å². The third kappa shape index (κ3) is 5.49. The van der Waals surface area contributed by atoms with Gasteiger partial charge in [0.1, 0.15) is 23.3 Å². The Hall–Kier alpha value is -4.78. The Kier molecular flexibility index (Phi) is 8.40. The van der Waals surface area contributed by atoms with E-state index in [0.29, 0.717) is 56.8 Å². The summed E-state index contributed by atoms with van der Waals surface area (Å²) >= 11 is 2.85. The number of nitrogens with two attached hydrogens (primary N) is 1. The predicted molar refractivity (Wildman–Crippen MR) is 181 cm³/mol. The second kappa shape index (κ2) is 12.7. The zero-order valence-electron chi connectivity index (χ0n) is 26.5. The summed E-state index contributed by atoms with van der Waals surface area (Å²) in [6.07, 6.45) is 3.30. The zero-order chi connectivity index (χ0) is 33.7. The number of carbonyl (C=O) groups excluding carboxylic acids is 2. The van der Waals surface area contributed by atoms with Crippen molar-refractivity contribution in [3.8, 4) is 17.0 Å². The maximum Gasteiger partial charge on any atom is 0.256 e. The van der Waals surface area contributed by atoms with Gasteiger partial charge in [-0.05, 0) is 71.9 Å². The van der Waals surface area contributed by atoms with Crippen LogP contribution in [0, 0.1) is 18.6 Å². The molecule has 248 valence electrons. The Morgan fingerprint density at radius 1 is 1.06 bits per heavy atom. The molecule has 13 heteroatoms. The molecule has 2 fully saturated rings. The summed E-state index contributed by atoms with van der Waals surface area (Å²) < 4.78 is 37.4. The first kappa shape index (κ1) is 31.8. The van der Waals surface area contributed by atoms with E-state index in [9.17, 15) is 18.4 Å². The molecule has 0 saturated carbocycles. The summed E-state index contributed by atoms with van der Waals surface area (Å²) in [6, 6.07) is 16.5. The van der Waals surface area contributed by atoms with Crippen molar-refractivity contribution in [3.63, 3.8) is 0 Å². The number of nitrogen functional groups attached to an aromatic ring is 1. The number of halogens is 3. The lowest BCUT2D eigenvalue weighted by Gasteiger charge is -2.37. The molecule has 1 unspecified atom stereocenters. The van der Waals surface area contributed by atoms with Gasteiger partial charge in [-0.15, -0.1) is 5.10 Å². The number of hydrogen-bond acceptors (Lipinski definition) is 6. The fraction of sp³-hybridized carbons (Fsp3) is 0.314. The Balaban J connectivity index is 1.06. The number of hydrogen-bond donors (Lipinski definition) is 1. The quantitative estimate of drug-likeness (QED) is 0.164. The molecule has 2 aliphatic heterocycles. The Morgan fingerprint density at radius 3 is 2.54 bits per heavy atom. The van der Waals surface area contributed by atoms with Crippen molar-refractivity contribution in [3.05, 3.63) is 93.7 Å². The summed E-state index contributed by atoms with van der Waals surface area (Å²) in [5.41, 5.74) is 9.55. The molecule has 2 amide bonds. The summed E-state index contributed by atoms with van der Waals surface area (Å²) in [4.78, 5) is 31.5. The van der Waals surface area contributed by atoms with Crippen LogP contribution >= 0.6 is 15.9 Å². The molecule has 5 aromatic rings. The van der Waals surface area contributed by atoms with Crippen LogP contribution < -0.4 is 10.5 Å². The van der Waals surface area contributed by atoms with E-state index in [4.69, 9.17) is 10.5 Å². The molecule has 10 nitrogen and oxygen atoms in total. The van der Waals surface area contributed by atoms with Crippen LogP contribution in [0.3, 0.4) is 0 Å². The lowest BCUT2D eigenvalue weighted by Crippen LogP contribution is -2.47. The van der Waals surface area contributed by atoms with E-state index in [1.165, 1.54) is 10.9 Å². The molecular formula is C35H34BrF2N7O3. The van der Waals surface area contributed by atoms with E-state index in [1.807, 2.05) is 53.1 Å². The number of benzene rings is 3. The van der Waals surface area contributed by atoms with E-state index < -0.39 is 17.7 Å². The average molecular weight is 719 g/mol. The first-order valence-corrected chi connectivity index (χ1v) is 16.6. The van der Waals surface area contributed by atoms with Gasteiger partial charge in [-0.1, -0.05) is 35.5 Å². The third-order valence-corrected chi connectivity index (χ3v) is 10.4. The average Bonchev–Trinajstić information content (AvgIpc) is 3.81. The molecule has 0 bridgehead atoms. The molecule has 0 aliphatic carbocycles. The van der Waals surface area contributed by atoms with E-state index in [1.54, 1.807) is 7.11 Å². The first-order valence-electron chi connectivity index (χ1n) is 15.8. The van der Waals surface area contributed by atoms with Crippen molar-refractivity contribution in [1.29, 1.82) is 0 Å². The van der Waals surface area contributed by atoms with E-state index >= 15 is 0 Å². The molecule has 4 heterocycles. The van der Waals surface area contributed by atoms with Crippen molar-refractivity contribution >= 4 is 44.3 Å². The third-order valence-electron chi connectivity index (χ3n) is 9.64. The number of carbonyl (C=O) groups is 2. The second-order valence-corrected chi connectivity index (χ2v) is 13.1. The van der Waals surface area contributed by atoms with Crippen LogP contribution in [0.4, 0.5) is 14.5 Å². The van der Waals surface area contributed by atoms with Gasteiger partial charge in [0.05, 0.1) is 29.0 Å². The molecule has 2 aliphatic rings. The van der Waals surface area contributed by atoms with Crippen LogP contribution in [0.15, 0.2) is 65.3 Å². The molecule has 3 aromatic carbocycles. The monoisotopic (exact) mass is 717 g/mol. The topological polar surface area (TPSA) is 112 Å². The minimum Gasteiger partial charge on any atom is -0.497 e. The number of fused-ring (bicyclic) bond motifs is 1. The molecule has 48 heavy (non-hydrogen) atoms. The summed E-state index contributed by atoms with van der Waals surface area (Å²) in [5, 5.41) is 9.03. The number of likely N-dealkylation sites (tertiary alicyclic amines) is 2. The standard InChI is InChI=1S/C35H34BrF2N7O3/c1-20-30(25-16-23(48-2)8-9-28(25)44(20)18-21-6-4-3-5-7-21)35(47)42-13-10-22(11-14-42)43-15-12-29(34(43)46)45-19-27(40-41-45)24-17-26(37)31(36)32(38)33(24)39/h3-9,16-17,19,22,29H,10-15,18,39H2,1-2H3. The van der Waals surface area contributed by atoms with E-state index in [2.05, 4.69) is 42.9 Å². The highest BCUT2D eigenvalue weighted by Crippen LogP contribution is 2.36. The van der Waals surface area contributed by atoms with Gasteiger partial charge in [0, 0.05) is 54.4 Å². The first-order chi connectivity index (χ1) is 23.2. The lowest BCUT2D eigenvalue weighted by molar-refractivity contribution is -0.133. The van der Waals surface area contributed by atoms with Crippen LogP contribution in [0.1, 0.15) is 46.9 Å². The molecule has 2 aromatic heterocycles. The fourth-order valence-corrected chi connectivity index (χ4v) is 7.36. The van der Waals surface area contributed by atoms with Crippen molar-refractivity contribution < 1.29 is 23.1 Å². The van der Waals surface area contributed by atoms with Crippen molar-refractivity contribution in [1.82, 2.24) is 29.4 Å². The molecule has 1 atom stereocenters. The Bertz CT molecular complexity index is 2040. The lowest BCUT2D eigenvalue weighted by atomic mass is 10.0. The Labute approximate surface area is 284 Å². The summed E-state index contributed by atoms with van der Waals surface area (Å²) in [6.45, 7) is 4.19. The minimum absolute atomic E-state index is 0.0273. The molecule has 0 radical (unpaired) electrons. The second-order valence-electron chi connectivity index (χ2n) is 12.3. The number of piperidine rings is 1. The maximum absolute atomic E-state index is 14.4. The van der Waals surface area contributed by atoms with Gasteiger partial charge < -0.3 is 24.8 Å². The zero-order valence-corrected chi connectivity index (χ0v) is 28.1. The summed E-state index contributed by atoms with van der Waals surface area (Å²) in [5.74, 6) is -1.16. The van der Waals surface area contributed by atoms with Gasteiger partial charge in [0.15, 0.2) is 5.82 Å². The van der Waals surface area contributed by atoms with E-state index in [-0.39, 0.29) is 39.3 Å². The number of rotatable bonds is 7. The van der Waals surface area contributed by atoms with Crippen molar-refractivity contribution in [2.75, 3.05) is 32.5 Å². The van der Waals surface area contributed by atoms with Gasteiger partial charge in [-0.2, -0.15) is 0 Å². The minimum atomic E-state index is -0.916. The van der Waals surface area contributed by atoms with Gasteiger partial charge in [-0.25, -0.2) is 13.5 Å². The fourth-order valence-electron chi connectivity index (χ4n) is 7.03. The molecule has 2 saturated heterocycles. The van der Waals surface area contributed by atoms with Crippen molar-refractivity contribution in [2.45, 2.75) is 44.8 Å². The van der Waals surface area contributed by atoms with Gasteiger partial charge >= 0.3 is 0 Å². The normalized spacial score (nSPS) is 17.1. The molecule has 2 N–H and O–H groups in total. The summed E-state index contributed by atoms with van der Waals surface area (Å²) in [7, 11) is 1.62. The highest BCUT2D eigenvalue weighted by Gasteiger charge is 2.40. The van der Waals surface area contributed by atoms with Crippen LogP contribution in [0.2, 0.25) is 0 Å². The van der Waals surface area contributed by atoms with Crippen LogP contribution in [-0.4, -0.2) is 74.0 Å².